The smallest absolute Gasteiger partial charge is 0.250 e. The van der Waals surface area contributed by atoms with E-state index in [0.29, 0.717) is 12.1 Å². The molecule has 2 aliphatic rings. The van der Waals surface area contributed by atoms with Gasteiger partial charge in [0.2, 0.25) is 5.91 Å². The Balaban J connectivity index is 1.87. The minimum absolute atomic E-state index is 0.0273. The molecule has 24 heavy (non-hydrogen) atoms. The summed E-state index contributed by atoms with van der Waals surface area (Å²) in [7, 11) is 0. The first-order chi connectivity index (χ1) is 11.4. The topological polar surface area (TPSA) is 81.0 Å². The molecule has 4 atom stereocenters. The number of aryl methyl sites for hydroxylation is 1. The van der Waals surface area contributed by atoms with Crippen LogP contribution in [-0.2, 0) is 4.79 Å². The first kappa shape index (κ1) is 17.1. The molecule has 0 bridgehead atoms. The van der Waals surface area contributed by atoms with Crippen molar-refractivity contribution in [2.24, 2.45) is 0 Å². The average molecular weight is 331 g/mol. The van der Waals surface area contributed by atoms with Gasteiger partial charge in [0.15, 0.2) is 0 Å². The molecule has 1 saturated heterocycles. The maximum Gasteiger partial charge on any atom is 0.250 e. The van der Waals surface area contributed by atoms with E-state index in [1.807, 2.05) is 11.0 Å². The average Bonchev–Trinajstić information content (AvgIpc) is 3.03. The van der Waals surface area contributed by atoms with Crippen LogP contribution in [-0.4, -0.2) is 51.0 Å². The second-order valence-corrected chi connectivity index (χ2v) is 6.89. The van der Waals surface area contributed by atoms with Gasteiger partial charge in [-0.15, -0.1) is 0 Å². The minimum Gasteiger partial charge on any atom is -0.390 e. The monoisotopic (exact) mass is 331 g/mol. The van der Waals surface area contributed by atoms with Crippen molar-refractivity contribution >= 4 is 5.91 Å². The highest BCUT2D eigenvalue weighted by Gasteiger charge is 2.37. The van der Waals surface area contributed by atoms with Crippen LogP contribution < -0.4 is 0 Å². The highest BCUT2D eigenvalue weighted by atomic mass is 16.4. The highest BCUT2D eigenvalue weighted by Crippen LogP contribution is 2.36. The molecule has 0 saturated carbocycles. The van der Waals surface area contributed by atoms with Gasteiger partial charge in [-0.3, -0.25) is 4.79 Å². The molecule has 1 aliphatic carbocycles. The Kier molecular flexibility index (Phi) is 4.76. The number of carbonyl (C=O) groups is 1. The summed E-state index contributed by atoms with van der Waals surface area (Å²) < 4.78 is 0. The first-order valence-electron chi connectivity index (χ1n) is 8.52. The standard InChI is InChI=1S/C19H25NO4/c1-11-5-3-6-14(12(11)2)15-7-4-8-20(15)19(24)13-9-16(21)18(23)17(22)10-13/h3,5-6,9,15-18,21-23H,4,7-8,10H2,1-2H3/t15?,16-,17-,18-/m1/s1. The lowest BCUT2D eigenvalue weighted by Gasteiger charge is -2.32. The predicted octanol–water partition coefficient (Wildman–Crippen LogP) is 1.38. The number of amides is 1. The van der Waals surface area contributed by atoms with Gasteiger partial charge in [-0.1, -0.05) is 18.2 Å². The van der Waals surface area contributed by atoms with E-state index in [1.54, 1.807) is 0 Å². The molecule has 5 heteroatoms. The van der Waals surface area contributed by atoms with Gasteiger partial charge in [0.05, 0.1) is 12.1 Å². The maximum absolute atomic E-state index is 12.9. The van der Waals surface area contributed by atoms with Crippen molar-refractivity contribution in [2.45, 2.75) is 57.5 Å². The molecule has 1 fully saturated rings. The van der Waals surface area contributed by atoms with Crippen LogP contribution in [0.15, 0.2) is 29.8 Å². The summed E-state index contributed by atoms with van der Waals surface area (Å²) in [6.07, 6.45) is -0.220. The van der Waals surface area contributed by atoms with E-state index in [4.69, 9.17) is 0 Å². The van der Waals surface area contributed by atoms with Crippen molar-refractivity contribution in [3.8, 4) is 0 Å². The van der Waals surface area contributed by atoms with Crippen molar-refractivity contribution < 1.29 is 20.1 Å². The minimum atomic E-state index is -1.23. The summed E-state index contributed by atoms with van der Waals surface area (Å²) in [5.74, 6) is -0.150. The molecule has 1 aliphatic heterocycles. The van der Waals surface area contributed by atoms with Crippen molar-refractivity contribution in [3.05, 3.63) is 46.5 Å². The second-order valence-electron chi connectivity index (χ2n) is 6.89. The summed E-state index contributed by atoms with van der Waals surface area (Å²) in [5, 5.41) is 29.3. The fraction of sp³-hybridized carbons (Fsp3) is 0.526. The predicted molar refractivity (Wildman–Crippen MR) is 90.3 cm³/mol. The van der Waals surface area contributed by atoms with Gasteiger partial charge < -0.3 is 20.2 Å². The Hall–Kier alpha value is -1.69. The number of likely N-dealkylation sites (tertiary alicyclic amines) is 1. The zero-order valence-electron chi connectivity index (χ0n) is 14.1. The van der Waals surface area contributed by atoms with E-state index < -0.39 is 18.3 Å². The Morgan fingerprint density at radius 1 is 1.21 bits per heavy atom. The normalized spacial score (nSPS) is 30.4. The van der Waals surface area contributed by atoms with Gasteiger partial charge in [-0.25, -0.2) is 0 Å². The molecule has 1 heterocycles. The summed E-state index contributed by atoms with van der Waals surface area (Å²) >= 11 is 0. The third-order valence-corrected chi connectivity index (χ3v) is 5.34. The molecule has 1 aromatic carbocycles. The number of carbonyl (C=O) groups excluding carboxylic acids is 1. The maximum atomic E-state index is 12.9. The van der Waals surface area contributed by atoms with Gasteiger partial charge in [0.25, 0.3) is 0 Å². The number of aliphatic hydroxyl groups is 3. The van der Waals surface area contributed by atoms with Crippen molar-refractivity contribution in [3.63, 3.8) is 0 Å². The molecule has 0 spiro atoms. The van der Waals surface area contributed by atoms with E-state index >= 15 is 0 Å². The van der Waals surface area contributed by atoms with Crippen LogP contribution in [0.1, 0.15) is 42.0 Å². The van der Waals surface area contributed by atoms with Crippen molar-refractivity contribution in [1.29, 1.82) is 0 Å². The lowest BCUT2D eigenvalue weighted by molar-refractivity contribution is -0.129. The summed E-state index contributed by atoms with van der Waals surface area (Å²) in [6.45, 7) is 4.82. The van der Waals surface area contributed by atoms with Gasteiger partial charge in [-0.05, 0) is 49.5 Å². The fourth-order valence-electron chi connectivity index (χ4n) is 3.76. The van der Waals surface area contributed by atoms with E-state index in [1.165, 1.54) is 22.8 Å². The van der Waals surface area contributed by atoms with Crippen LogP contribution in [0.2, 0.25) is 0 Å². The SMILES string of the molecule is Cc1cccc(C2CCCN2C(=O)C2=C[C@@H](O)[C@@H](O)[C@H](O)C2)c1C. The van der Waals surface area contributed by atoms with E-state index in [2.05, 4.69) is 26.0 Å². The van der Waals surface area contributed by atoms with Gasteiger partial charge in [0, 0.05) is 18.5 Å². The van der Waals surface area contributed by atoms with Crippen LogP contribution in [0.25, 0.3) is 0 Å². The molecule has 3 rings (SSSR count). The summed E-state index contributed by atoms with van der Waals surface area (Å²) in [5.41, 5.74) is 3.96. The Bertz CT molecular complexity index is 669. The Morgan fingerprint density at radius 2 is 1.96 bits per heavy atom. The molecule has 1 amide bonds. The summed E-state index contributed by atoms with van der Waals surface area (Å²) in [6, 6.07) is 6.18. The molecule has 0 aromatic heterocycles. The quantitative estimate of drug-likeness (QED) is 0.765. The molecular weight excluding hydrogens is 306 g/mol. The molecule has 130 valence electrons. The fourth-order valence-corrected chi connectivity index (χ4v) is 3.76. The van der Waals surface area contributed by atoms with Crippen molar-refractivity contribution in [1.82, 2.24) is 4.90 Å². The van der Waals surface area contributed by atoms with Crippen LogP contribution in [0.5, 0.6) is 0 Å². The lowest BCUT2D eigenvalue weighted by Crippen LogP contribution is -2.43. The van der Waals surface area contributed by atoms with Gasteiger partial charge in [-0.2, -0.15) is 0 Å². The van der Waals surface area contributed by atoms with Crippen LogP contribution in [0, 0.1) is 13.8 Å². The highest BCUT2D eigenvalue weighted by molar-refractivity contribution is 5.94. The van der Waals surface area contributed by atoms with Gasteiger partial charge >= 0.3 is 0 Å². The third-order valence-electron chi connectivity index (χ3n) is 5.34. The number of hydrogen-bond acceptors (Lipinski definition) is 4. The van der Waals surface area contributed by atoms with Crippen molar-refractivity contribution in [2.75, 3.05) is 6.54 Å². The number of nitrogens with zero attached hydrogens (tertiary/aromatic N) is 1. The lowest BCUT2D eigenvalue weighted by atomic mass is 9.90. The first-order valence-corrected chi connectivity index (χ1v) is 8.52. The number of aliphatic hydroxyl groups excluding tert-OH is 3. The molecule has 3 N–H and O–H groups in total. The zero-order valence-corrected chi connectivity index (χ0v) is 14.1. The Morgan fingerprint density at radius 3 is 2.67 bits per heavy atom. The molecule has 5 nitrogen and oxygen atoms in total. The van der Waals surface area contributed by atoms with E-state index in [-0.39, 0.29) is 18.4 Å². The molecule has 1 aromatic rings. The molecular formula is C19H25NO4. The third kappa shape index (κ3) is 2.99. The number of hydrogen-bond donors (Lipinski definition) is 3. The number of rotatable bonds is 2. The van der Waals surface area contributed by atoms with Crippen LogP contribution in [0.4, 0.5) is 0 Å². The largest absolute Gasteiger partial charge is 0.390 e. The van der Waals surface area contributed by atoms with E-state index in [9.17, 15) is 20.1 Å². The second kappa shape index (κ2) is 6.67. The van der Waals surface area contributed by atoms with Gasteiger partial charge in [0.1, 0.15) is 12.2 Å². The number of benzene rings is 1. The molecule has 0 radical (unpaired) electrons. The van der Waals surface area contributed by atoms with Crippen LogP contribution in [0.3, 0.4) is 0 Å². The zero-order chi connectivity index (χ0) is 17.4. The Labute approximate surface area is 142 Å². The van der Waals surface area contributed by atoms with E-state index in [0.717, 1.165) is 12.8 Å². The molecule has 1 unspecified atom stereocenters. The summed E-state index contributed by atoms with van der Waals surface area (Å²) in [4.78, 5) is 14.8. The van der Waals surface area contributed by atoms with Crippen LogP contribution >= 0.6 is 0 Å².